The van der Waals surface area contributed by atoms with Crippen LogP contribution in [0.1, 0.15) is 17.5 Å². The van der Waals surface area contributed by atoms with Crippen molar-refractivity contribution in [3.05, 3.63) is 65.7 Å². The van der Waals surface area contributed by atoms with Crippen molar-refractivity contribution >= 4 is 11.6 Å². The third kappa shape index (κ3) is 3.68. The van der Waals surface area contributed by atoms with Crippen LogP contribution in [0.5, 0.6) is 0 Å². The van der Waals surface area contributed by atoms with Gasteiger partial charge in [0.25, 0.3) is 0 Å². The second-order valence-corrected chi connectivity index (χ2v) is 7.13. The number of hydrogen-bond donors (Lipinski definition) is 1. The highest BCUT2D eigenvalue weighted by molar-refractivity contribution is 5.80. The van der Waals surface area contributed by atoms with Gasteiger partial charge in [-0.3, -0.25) is 14.6 Å². The number of hydrogen-bond acceptors (Lipinski definition) is 4. The molecule has 3 aliphatic rings. The average Bonchev–Trinajstić information content (AvgIpc) is 3.01. The van der Waals surface area contributed by atoms with Gasteiger partial charge in [0.2, 0.25) is 5.91 Å². The third-order valence-electron chi connectivity index (χ3n) is 5.36. The molecule has 2 heterocycles. The Morgan fingerprint density at radius 2 is 1.85 bits per heavy atom. The number of nitrogens with zero attached hydrogens (tertiary/aromatic N) is 3. The average molecular weight is 351 g/mol. The minimum absolute atomic E-state index is 0.0255. The lowest BCUT2D eigenvalue weighted by atomic mass is 10.1. The number of amides is 1. The van der Waals surface area contributed by atoms with E-state index in [1.807, 2.05) is 0 Å². The lowest BCUT2D eigenvalue weighted by Crippen LogP contribution is -2.49. The maximum atomic E-state index is 12.5. The van der Waals surface area contributed by atoms with E-state index in [1.165, 1.54) is 47.2 Å². The molecule has 0 aromatic heterocycles. The molecule has 5 nitrogen and oxygen atoms in total. The second-order valence-electron chi connectivity index (χ2n) is 7.13. The zero-order valence-corrected chi connectivity index (χ0v) is 15.0. The molecule has 1 fully saturated rings. The summed E-state index contributed by atoms with van der Waals surface area (Å²) in [7, 11) is 0. The van der Waals surface area contributed by atoms with Crippen LogP contribution in [0.25, 0.3) is 0 Å². The van der Waals surface area contributed by atoms with Crippen LogP contribution in [0, 0.1) is 0 Å². The summed E-state index contributed by atoms with van der Waals surface area (Å²) in [5.41, 5.74) is 4.33. The molecule has 0 bridgehead atoms. The van der Waals surface area contributed by atoms with E-state index < -0.39 is 0 Å². The van der Waals surface area contributed by atoms with E-state index in [9.17, 15) is 9.90 Å². The molecule has 1 N–H and O–H groups in total. The number of carbonyl (C=O) groups is 1. The fourth-order valence-electron chi connectivity index (χ4n) is 3.87. The normalized spacial score (nSPS) is 20.1. The molecule has 0 unspecified atom stereocenters. The number of fused-ring (bicyclic) bond motifs is 1. The summed E-state index contributed by atoms with van der Waals surface area (Å²) >= 11 is 0. The number of benzene rings is 1. The summed E-state index contributed by atoms with van der Waals surface area (Å²) in [4.78, 5) is 18.5. The number of carbonyl (C=O) groups excluding carboxylic acids is 1. The van der Waals surface area contributed by atoms with Crippen molar-refractivity contribution in [3.63, 3.8) is 0 Å². The van der Waals surface area contributed by atoms with Gasteiger partial charge in [0.15, 0.2) is 0 Å². The first-order valence-electron chi connectivity index (χ1n) is 9.35. The quantitative estimate of drug-likeness (QED) is 0.909. The Morgan fingerprint density at radius 1 is 1.04 bits per heavy atom. The van der Waals surface area contributed by atoms with Gasteiger partial charge in [0.05, 0.1) is 12.7 Å². The van der Waals surface area contributed by atoms with Crippen molar-refractivity contribution in [1.82, 2.24) is 9.80 Å². The summed E-state index contributed by atoms with van der Waals surface area (Å²) in [5.74, 6) is 0.0623. The lowest BCUT2D eigenvalue weighted by molar-refractivity contribution is -0.127. The van der Waals surface area contributed by atoms with E-state index in [0.717, 1.165) is 26.2 Å². The minimum atomic E-state index is -0.0255. The minimum Gasteiger partial charge on any atom is -0.506 e. The molecule has 2 aliphatic heterocycles. The summed E-state index contributed by atoms with van der Waals surface area (Å²) in [6.07, 6.45) is 11.9. The zero-order valence-electron chi connectivity index (χ0n) is 15.0. The van der Waals surface area contributed by atoms with Crippen molar-refractivity contribution < 1.29 is 9.90 Å². The first-order valence-corrected chi connectivity index (χ1v) is 9.35. The molecule has 136 valence electrons. The largest absolute Gasteiger partial charge is 0.506 e. The molecule has 5 heteroatoms. The van der Waals surface area contributed by atoms with Gasteiger partial charge >= 0.3 is 0 Å². The van der Waals surface area contributed by atoms with Crippen LogP contribution in [-0.2, 0) is 17.6 Å². The van der Waals surface area contributed by atoms with Crippen molar-refractivity contribution in [2.24, 2.45) is 0 Å². The molecule has 1 aromatic carbocycles. The summed E-state index contributed by atoms with van der Waals surface area (Å²) in [5, 5.41) is 9.66. The van der Waals surface area contributed by atoms with E-state index in [4.69, 9.17) is 0 Å². The highest BCUT2D eigenvalue weighted by Gasteiger charge is 2.22. The fourth-order valence-corrected chi connectivity index (χ4v) is 3.87. The van der Waals surface area contributed by atoms with Crippen LogP contribution in [0.3, 0.4) is 0 Å². The Hall–Kier alpha value is -2.53. The van der Waals surface area contributed by atoms with Crippen LogP contribution < -0.4 is 4.90 Å². The van der Waals surface area contributed by atoms with E-state index in [-0.39, 0.29) is 11.7 Å². The van der Waals surface area contributed by atoms with Crippen LogP contribution in [0.15, 0.2) is 54.6 Å². The number of anilines is 1. The molecule has 1 aromatic rings. The smallest absolute Gasteiger partial charge is 0.244 e. The molecule has 1 amide bonds. The van der Waals surface area contributed by atoms with E-state index in [2.05, 4.69) is 28.0 Å². The number of piperazine rings is 1. The topological polar surface area (TPSA) is 47.0 Å². The predicted octanol–water partition coefficient (Wildman–Crippen LogP) is 2.61. The van der Waals surface area contributed by atoms with Gasteiger partial charge in [-0.15, -0.1) is 0 Å². The number of aryl methyl sites for hydroxylation is 2. The Bertz CT molecular complexity index is 773. The van der Waals surface area contributed by atoms with Gasteiger partial charge in [0, 0.05) is 38.1 Å². The summed E-state index contributed by atoms with van der Waals surface area (Å²) in [6, 6.07) is 6.88. The molecule has 1 saturated heterocycles. The molecule has 1 aliphatic carbocycles. The highest BCUT2D eigenvalue weighted by Crippen LogP contribution is 2.27. The number of allylic oxidation sites excluding steroid dienone is 3. The predicted molar refractivity (Wildman–Crippen MR) is 103 cm³/mol. The first-order chi connectivity index (χ1) is 12.7. The molecular weight excluding hydrogens is 326 g/mol. The number of aliphatic hydroxyl groups is 1. The summed E-state index contributed by atoms with van der Waals surface area (Å²) in [6.45, 7) is 3.98. The Labute approximate surface area is 154 Å². The molecule has 0 spiro atoms. The van der Waals surface area contributed by atoms with E-state index in [0.29, 0.717) is 6.54 Å². The van der Waals surface area contributed by atoms with Gasteiger partial charge in [-0.2, -0.15) is 0 Å². The Morgan fingerprint density at radius 3 is 2.69 bits per heavy atom. The van der Waals surface area contributed by atoms with Crippen molar-refractivity contribution in [3.8, 4) is 0 Å². The molecule has 0 radical (unpaired) electrons. The van der Waals surface area contributed by atoms with Gasteiger partial charge in [-0.1, -0.05) is 12.1 Å². The molecule has 0 atom stereocenters. The Balaban J connectivity index is 1.32. The van der Waals surface area contributed by atoms with Crippen LogP contribution >= 0.6 is 0 Å². The SMILES string of the molecule is O=C(CN1CCN(c2ccc3c(c2)CCC3)CC1)N1C=CC=CC(O)=C1. The van der Waals surface area contributed by atoms with Crippen molar-refractivity contribution in [2.75, 3.05) is 37.6 Å². The summed E-state index contributed by atoms with van der Waals surface area (Å²) < 4.78 is 0. The van der Waals surface area contributed by atoms with Gasteiger partial charge < -0.3 is 10.0 Å². The standard InChI is InChI=1S/C21H25N3O2/c25-20-6-1-2-9-24(15-20)21(26)16-22-10-12-23(13-11-22)19-8-7-17-4-3-5-18(17)14-19/h1-2,6-9,14-15,25H,3-5,10-13,16H2. The molecule has 4 rings (SSSR count). The maximum absolute atomic E-state index is 12.5. The lowest BCUT2D eigenvalue weighted by Gasteiger charge is -2.36. The van der Waals surface area contributed by atoms with Gasteiger partial charge in [0.1, 0.15) is 5.76 Å². The second kappa shape index (κ2) is 7.38. The fraction of sp³-hybridized carbons (Fsp3) is 0.381. The van der Waals surface area contributed by atoms with Gasteiger partial charge in [-0.05, 0) is 54.7 Å². The highest BCUT2D eigenvalue weighted by atomic mass is 16.3. The van der Waals surface area contributed by atoms with E-state index >= 15 is 0 Å². The van der Waals surface area contributed by atoms with E-state index in [1.54, 1.807) is 24.4 Å². The monoisotopic (exact) mass is 351 g/mol. The van der Waals surface area contributed by atoms with Crippen LogP contribution in [-0.4, -0.2) is 53.5 Å². The molecule has 26 heavy (non-hydrogen) atoms. The number of rotatable bonds is 3. The Kier molecular flexibility index (Phi) is 4.80. The maximum Gasteiger partial charge on any atom is 0.244 e. The van der Waals surface area contributed by atoms with Gasteiger partial charge in [-0.25, -0.2) is 0 Å². The van der Waals surface area contributed by atoms with Crippen LogP contribution in [0.2, 0.25) is 0 Å². The molecular formula is C21H25N3O2. The molecule has 0 saturated carbocycles. The zero-order chi connectivity index (χ0) is 17.9. The number of aliphatic hydroxyl groups excluding tert-OH is 1. The van der Waals surface area contributed by atoms with Crippen molar-refractivity contribution in [1.29, 1.82) is 0 Å². The van der Waals surface area contributed by atoms with Crippen molar-refractivity contribution in [2.45, 2.75) is 19.3 Å². The third-order valence-corrected chi connectivity index (χ3v) is 5.36. The van der Waals surface area contributed by atoms with Crippen LogP contribution in [0.4, 0.5) is 5.69 Å². The first kappa shape index (κ1) is 16.9.